The number of hydrogen-bond donors (Lipinski definition) is 0. The molecule has 0 N–H and O–H groups in total. The molecule has 0 radical (unpaired) electrons. The maximum atomic E-state index is 11.5. The maximum Gasteiger partial charge on any atom is 0.346 e. The summed E-state index contributed by atoms with van der Waals surface area (Å²) in [5.41, 5.74) is 1.57. The van der Waals surface area contributed by atoms with E-state index in [0.717, 1.165) is 5.56 Å². The van der Waals surface area contributed by atoms with Gasteiger partial charge in [-0.15, -0.1) is 0 Å². The molecule has 108 valence electrons. The van der Waals surface area contributed by atoms with Crippen molar-refractivity contribution in [3.05, 3.63) is 47.0 Å². The largest absolute Gasteiger partial charge is 0.459 e. The molecule has 2 atom stereocenters. The lowest BCUT2D eigenvalue weighted by molar-refractivity contribution is -0.139. The zero-order valence-corrected chi connectivity index (χ0v) is 11.3. The molecular formula is C15H12O6. The van der Waals surface area contributed by atoms with Crippen molar-refractivity contribution in [1.29, 1.82) is 0 Å². The SMILES string of the molecule is C=C(C)C(=O)OCC1OC1c1ccc2c(c1)C(=O)OC2=O. The van der Waals surface area contributed by atoms with Gasteiger partial charge < -0.3 is 14.2 Å². The summed E-state index contributed by atoms with van der Waals surface area (Å²) in [6.45, 7) is 5.17. The molecule has 1 fully saturated rings. The molecule has 0 saturated carbocycles. The van der Waals surface area contributed by atoms with Crippen molar-refractivity contribution in [1.82, 2.24) is 0 Å². The van der Waals surface area contributed by atoms with Gasteiger partial charge in [-0.3, -0.25) is 0 Å². The Morgan fingerprint density at radius 2 is 2.00 bits per heavy atom. The second kappa shape index (κ2) is 4.82. The maximum absolute atomic E-state index is 11.5. The summed E-state index contributed by atoms with van der Waals surface area (Å²) >= 11 is 0. The number of epoxide rings is 1. The fourth-order valence-electron chi connectivity index (χ4n) is 2.12. The molecule has 2 unspecified atom stereocenters. The highest BCUT2D eigenvalue weighted by molar-refractivity contribution is 6.14. The average molecular weight is 288 g/mol. The Kier molecular flexibility index (Phi) is 3.10. The van der Waals surface area contributed by atoms with Crippen LogP contribution in [0.3, 0.4) is 0 Å². The van der Waals surface area contributed by atoms with Gasteiger partial charge in [0.2, 0.25) is 0 Å². The Bertz CT molecular complexity index is 675. The van der Waals surface area contributed by atoms with Crippen LogP contribution in [-0.2, 0) is 19.0 Å². The monoisotopic (exact) mass is 288 g/mol. The van der Waals surface area contributed by atoms with Crippen LogP contribution in [0.1, 0.15) is 39.3 Å². The van der Waals surface area contributed by atoms with E-state index in [9.17, 15) is 14.4 Å². The van der Waals surface area contributed by atoms with Gasteiger partial charge in [0, 0.05) is 5.57 Å². The molecule has 0 aromatic heterocycles. The number of carbonyl (C=O) groups is 3. The molecule has 6 nitrogen and oxygen atoms in total. The minimum Gasteiger partial charge on any atom is -0.459 e. The van der Waals surface area contributed by atoms with E-state index in [1.165, 1.54) is 6.07 Å². The fourth-order valence-corrected chi connectivity index (χ4v) is 2.12. The lowest BCUT2D eigenvalue weighted by Crippen LogP contribution is -2.10. The van der Waals surface area contributed by atoms with Gasteiger partial charge in [0.25, 0.3) is 0 Å². The molecule has 1 aromatic carbocycles. The van der Waals surface area contributed by atoms with Crippen molar-refractivity contribution < 1.29 is 28.6 Å². The van der Waals surface area contributed by atoms with Crippen LogP contribution < -0.4 is 0 Å². The van der Waals surface area contributed by atoms with Crippen molar-refractivity contribution >= 4 is 17.9 Å². The fraction of sp³-hybridized carbons (Fsp3) is 0.267. The predicted octanol–water partition coefficient (Wildman–Crippen LogP) is 1.56. The van der Waals surface area contributed by atoms with Gasteiger partial charge in [-0.1, -0.05) is 12.6 Å². The van der Waals surface area contributed by atoms with E-state index in [4.69, 9.17) is 9.47 Å². The van der Waals surface area contributed by atoms with Crippen LogP contribution in [-0.4, -0.2) is 30.6 Å². The standard InChI is InChI=1S/C15H12O6/c1-7(2)13(16)19-6-11-12(20-11)8-3-4-9-10(5-8)15(18)21-14(9)17/h3-5,11-12H,1,6H2,2H3. The first-order chi connectivity index (χ1) is 9.97. The molecule has 21 heavy (non-hydrogen) atoms. The Morgan fingerprint density at radius 1 is 1.29 bits per heavy atom. The molecule has 3 rings (SSSR count). The van der Waals surface area contributed by atoms with E-state index in [1.54, 1.807) is 19.1 Å². The Morgan fingerprint density at radius 3 is 2.71 bits per heavy atom. The molecule has 2 aliphatic heterocycles. The van der Waals surface area contributed by atoms with Crippen molar-refractivity contribution in [3.63, 3.8) is 0 Å². The van der Waals surface area contributed by atoms with Crippen LogP contribution in [0.4, 0.5) is 0 Å². The second-order valence-electron chi connectivity index (χ2n) is 4.96. The lowest BCUT2D eigenvalue weighted by Gasteiger charge is -2.01. The molecule has 2 heterocycles. The van der Waals surface area contributed by atoms with Gasteiger partial charge in [0.1, 0.15) is 18.8 Å². The molecule has 1 aromatic rings. The molecule has 0 aliphatic carbocycles. The third-order valence-corrected chi connectivity index (χ3v) is 3.31. The summed E-state index contributed by atoms with van der Waals surface area (Å²) in [5, 5.41) is 0. The average Bonchev–Trinajstić information content (AvgIpc) is 3.17. The van der Waals surface area contributed by atoms with Gasteiger partial charge in [0.15, 0.2) is 0 Å². The predicted molar refractivity (Wildman–Crippen MR) is 69.6 cm³/mol. The highest BCUT2D eigenvalue weighted by Gasteiger charge is 2.42. The van der Waals surface area contributed by atoms with E-state index in [-0.39, 0.29) is 29.9 Å². The Balaban J connectivity index is 1.66. The summed E-state index contributed by atoms with van der Waals surface area (Å²) in [5.74, 6) is -1.75. The van der Waals surface area contributed by atoms with Gasteiger partial charge in [-0.2, -0.15) is 0 Å². The zero-order valence-electron chi connectivity index (χ0n) is 11.3. The summed E-state index contributed by atoms with van der Waals surface area (Å²) in [6, 6.07) is 4.81. The van der Waals surface area contributed by atoms with Crippen LogP contribution in [0.15, 0.2) is 30.4 Å². The number of carbonyl (C=O) groups excluding carboxylic acids is 3. The third-order valence-electron chi connectivity index (χ3n) is 3.31. The molecule has 0 bridgehead atoms. The smallest absolute Gasteiger partial charge is 0.346 e. The number of hydrogen-bond acceptors (Lipinski definition) is 6. The molecular weight excluding hydrogens is 276 g/mol. The minimum absolute atomic E-state index is 0.122. The van der Waals surface area contributed by atoms with E-state index in [2.05, 4.69) is 11.3 Å². The third kappa shape index (κ3) is 2.45. The van der Waals surface area contributed by atoms with Gasteiger partial charge in [-0.05, 0) is 24.6 Å². The van der Waals surface area contributed by atoms with Crippen LogP contribution in [0.5, 0.6) is 0 Å². The summed E-state index contributed by atoms with van der Waals surface area (Å²) in [7, 11) is 0. The van der Waals surface area contributed by atoms with Crippen LogP contribution in [0.25, 0.3) is 0 Å². The topological polar surface area (TPSA) is 82.2 Å². The van der Waals surface area contributed by atoms with Gasteiger partial charge in [0.05, 0.1) is 11.1 Å². The molecule has 2 aliphatic rings. The van der Waals surface area contributed by atoms with Crippen molar-refractivity contribution in [2.75, 3.05) is 6.61 Å². The quantitative estimate of drug-likeness (QED) is 0.362. The lowest BCUT2D eigenvalue weighted by atomic mass is 10.0. The van der Waals surface area contributed by atoms with Crippen molar-refractivity contribution in [2.45, 2.75) is 19.1 Å². The van der Waals surface area contributed by atoms with E-state index >= 15 is 0 Å². The second-order valence-corrected chi connectivity index (χ2v) is 4.96. The van der Waals surface area contributed by atoms with E-state index in [0.29, 0.717) is 5.57 Å². The number of cyclic esters (lactones) is 2. The highest BCUT2D eigenvalue weighted by atomic mass is 16.6. The number of ether oxygens (including phenoxy) is 3. The van der Waals surface area contributed by atoms with E-state index in [1.807, 2.05) is 0 Å². The van der Waals surface area contributed by atoms with Gasteiger partial charge >= 0.3 is 17.9 Å². The normalized spacial score (nSPS) is 22.5. The first-order valence-corrected chi connectivity index (χ1v) is 6.36. The first kappa shape index (κ1) is 13.5. The Hall–Kier alpha value is -2.47. The highest BCUT2D eigenvalue weighted by Crippen LogP contribution is 2.40. The molecule has 6 heteroatoms. The molecule has 0 amide bonds. The molecule has 0 spiro atoms. The van der Waals surface area contributed by atoms with Crippen LogP contribution in [0, 0.1) is 0 Å². The minimum atomic E-state index is -0.650. The number of benzene rings is 1. The number of esters is 3. The van der Waals surface area contributed by atoms with Crippen LogP contribution >= 0.6 is 0 Å². The summed E-state index contributed by atoms with van der Waals surface area (Å²) in [4.78, 5) is 34.1. The Labute approximate surface area is 120 Å². The summed E-state index contributed by atoms with van der Waals surface area (Å²) in [6.07, 6.45) is -0.504. The van der Waals surface area contributed by atoms with Crippen LogP contribution in [0.2, 0.25) is 0 Å². The molecule has 1 saturated heterocycles. The van der Waals surface area contributed by atoms with Crippen molar-refractivity contribution in [2.24, 2.45) is 0 Å². The number of fused-ring (bicyclic) bond motifs is 1. The van der Waals surface area contributed by atoms with Crippen molar-refractivity contribution in [3.8, 4) is 0 Å². The first-order valence-electron chi connectivity index (χ1n) is 6.36. The summed E-state index contributed by atoms with van der Waals surface area (Å²) < 4.78 is 14.9. The number of rotatable bonds is 4. The van der Waals surface area contributed by atoms with Gasteiger partial charge in [-0.25, -0.2) is 14.4 Å². The van der Waals surface area contributed by atoms with E-state index < -0.39 is 17.9 Å². The zero-order chi connectivity index (χ0) is 15.1.